The van der Waals surface area contributed by atoms with Gasteiger partial charge >= 0.3 is 0 Å². The van der Waals surface area contributed by atoms with Crippen molar-refractivity contribution in [1.29, 1.82) is 0 Å². The van der Waals surface area contributed by atoms with Crippen LogP contribution in [0.1, 0.15) is 34.7 Å². The van der Waals surface area contributed by atoms with Crippen LogP contribution < -0.4 is 5.32 Å². The summed E-state index contributed by atoms with van der Waals surface area (Å²) in [5, 5.41) is 3.63. The van der Waals surface area contributed by atoms with E-state index >= 15 is 0 Å². The Hall–Kier alpha value is -0.420. The normalized spacial score (nSPS) is 12.7. The summed E-state index contributed by atoms with van der Waals surface area (Å²) in [6.45, 7) is 5.05. The largest absolute Gasteiger partial charge is 0.306 e. The van der Waals surface area contributed by atoms with E-state index in [1.165, 1.54) is 10.9 Å². The molecule has 0 radical (unpaired) electrons. The molecule has 0 aliphatic rings. The summed E-state index contributed by atoms with van der Waals surface area (Å²) in [5.74, 6) is -0.378. The second-order valence-electron chi connectivity index (χ2n) is 4.63. The van der Waals surface area contributed by atoms with Crippen LogP contribution in [0.15, 0.2) is 28.7 Å². The molecule has 0 aliphatic carbocycles. The number of rotatable bonds is 5. The molecule has 1 heterocycles. The fourth-order valence-electron chi connectivity index (χ4n) is 2.04. The minimum Gasteiger partial charge on any atom is -0.306 e. The molecule has 0 saturated carbocycles. The Morgan fingerprint density at radius 1 is 1.40 bits per heavy atom. The van der Waals surface area contributed by atoms with Gasteiger partial charge in [-0.25, -0.2) is 4.39 Å². The Kier molecular flexibility index (Phi) is 5.61. The van der Waals surface area contributed by atoms with Gasteiger partial charge in [0.25, 0.3) is 0 Å². The van der Waals surface area contributed by atoms with Gasteiger partial charge in [-0.3, -0.25) is 0 Å². The lowest BCUT2D eigenvalue weighted by Gasteiger charge is -2.19. The SMILES string of the molecule is CCCNC(c1ccc(Cl)c(F)c1)c1sc(C)cc1Br. The van der Waals surface area contributed by atoms with E-state index in [9.17, 15) is 4.39 Å². The van der Waals surface area contributed by atoms with E-state index in [1.807, 2.05) is 6.07 Å². The van der Waals surface area contributed by atoms with Gasteiger partial charge in [0.1, 0.15) is 5.82 Å². The molecule has 0 spiro atoms. The summed E-state index contributed by atoms with van der Waals surface area (Å²) in [4.78, 5) is 2.39. The van der Waals surface area contributed by atoms with Gasteiger partial charge < -0.3 is 5.32 Å². The number of thiophene rings is 1. The van der Waals surface area contributed by atoms with Gasteiger partial charge in [0.2, 0.25) is 0 Å². The van der Waals surface area contributed by atoms with E-state index in [4.69, 9.17) is 11.6 Å². The zero-order chi connectivity index (χ0) is 14.7. The average molecular weight is 377 g/mol. The zero-order valence-corrected chi connectivity index (χ0v) is 14.5. The van der Waals surface area contributed by atoms with Gasteiger partial charge in [0, 0.05) is 14.2 Å². The number of halogens is 3. The number of benzene rings is 1. The molecule has 2 aromatic rings. The summed E-state index contributed by atoms with van der Waals surface area (Å²) < 4.78 is 14.8. The standard InChI is InChI=1S/C15H16BrClFNS/c1-3-6-19-14(15-11(16)7-9(2)20-15)10-4-5-12(17)13(18)8-10/h4-5,7-8,14,19H,3,6H2,1-2H3. The van der Waals surface area contributed by atoms with Crippen molar-refractivity contribution in [2.24, 2.45) is 0 Å². The van der Waals surface area contributed by atoms with Crippen molar-refractivity contribution >= 4 is 38.9 Å². The molecule has 0 fully saturated rings. The summed E-state index contributed by atoms with van der Waals surface area (Å²) in [6, 6.07) is 7.07. The van der Waals surface area contributed by atoms with E-state index in [0.29, 0.717) is 0 Å². The highest BCUT2D eigenvalue weighted by atomic mass is 79.9. The Morgan fingerprint density at radius 3 is 2.70 bits per heavy atom. The third-order valence-corrected chi connectivity index (χ3v) is 5.31. The Morgan fingerprint density at radius 2 is 2.15 bits per heavy atom. The minimum atomic E-state index is -0.378. The molecule has 20 heavy (non-hydrogen) atoms. The van der Waals surface area contributed by atoms with E-state index in [-0.39, 0.29) is 16.9 Å². The number of hydrogen-bond acceptors (Lipinski definition) is 2. The van der Waals surface area contributed by atoms with Crippen molar-refractivity contribution in [3.05, 3.63) is 54.9 Å². The molecule has 108 valence electrons. The van der Waals surface area contributed by atoms with Crippen LogP contribution >= 0.6 is 38.9 Å². The molecule has 1 unspecified atom stereocenters. The second kappa shape index (κ2) is 7.03. The Bertz CT molecular complexity index is 600. The number of nitrogens with one attached hydrogen (secondary N) is 1. The molecule has 5 heteroatoms. The highest BCUT2D eigenvalue weighted by Crippen LogP contribution is 2.36. The summed E-state index contributed by atoms with van der Waals surface area (Å²) in [5.41, 5.74) is 0.892. The lowest BCUT2D eigenvalue weighted by Crippen LogP contribution is -2.22. The van der Waals surface area contributed by atoms with Crippen LogP contribution in [0.25, 0.3) is 0 Å². The third-order valence-electron chi connectivity index (χ3n) is 2.97. The van der Waals surface area contributed by atoms with Crippen LogP contribution in [0.4, 0.5) is 4.39 Å². The predicted octanol–water partition coefficient (Wildman–Crippen LogP) is 5.70. The van der Waals surface area contributed by atoms with Gasteiger partial charge in [-0.15, -0.1) is 11.3 Å². The molecule has 0 saturated heterocycles. The molecule has 0 bridgehead atoms. The van der Waals surface area contributed by atoms with Crippen molar-refractivity contribution in [1.82, 2.24) is 5.32 Å². The first-order valence-corrected chi connectivity index (χ1v) is 8.45. The van der Waals surface area contributed by atoms with Crippen molar-refractivity contribution in [2.75, 3.05) is 6.54 Å². The van der Waals surface area contributed by atoms with E-state index < -0.39 is 0 Å². The molecule has 0 aliphatic heterocycles. The van der Waals surface area contributed by atoms with Gasteiger partial charge in [0.05, 0.1) is 11.1 Å². The summed E-state index contributed by atoms with van der Waals surface area (Å²) in [6.07, 6.45) is 1.02. The van der Waals surface area contributed by atoms with Gasteiger partial charge in [0.15, 0.2) is 0 Å². The van der Waals surface area contributed by atoms with Crippen LogP contribution in [0, 0.1) is 12.7 Å². The monoisotopic (exact) mass is 375 g/mol. The molecule has 1 nitrogen and oxygen atoms in total. The summed E-state index contributed by atoms with van der Waals surface area (Å²) >= 11 is 11.1. The smallest absolute Gasteiger partial charge is 0.142 e. The van der Waals surface area contributed by atoms with E-state index in [2.05, 4.69) is 41.2 Å². The van der Waals surface area contributed by atoms with Crippen LogP contribution in [0.5, 0.6) is 0 Å². The molecular weight excluding hydrogens is 361 g/mol. The maximum absolute atomic E-state index is 13.7. The Balaban J connectivity index is 2.41. The third kappa shape index (κ3) is 3.61. The van der Waals surface area contributed by atoms with Crippen molar-refractivity contribution in [2.45, 2.75) is 26.3 Å². The first-order valence-electron chi connectivity index (χ1n) is 6.47. The maximum Gasteiger partial charge on any atom is 0.142 e. The fraction of sp³-hybridized carbons (Fsp3) is 0.333. The quantitative estimate of drug-likeness (QED) is 0.705. The molecule has 0 amide bonds. The van der Waals surface area contributed by atoms with Crippen molar-refractivity contribution in [3.63, 3.8) is 0 Å². The first kappa shape index (κ1) is 16.0. The molecule has 1 aromatic carbocycles. The Labute approximate surface area is 136 Å². The lowest BCUT2D eigenvalue weighted by molar-refractivity contribution is 0.590. The number of aryl methyl sites for hydroxylation is 1. The molecular formula is C15H16BrClFNS. The highest BCUT2D eigenvalue weighted by molar-refractivity contribution is 9.10. The molecule has 1 atom stereocenters. The second-order valence-corrected chi connectivity index (χ2v) is 7.18. The molecule has 1 N–H and O–H groups in total. The number of hydrogen-bond donors (Lipinski definition) is 1. The zero-order valence-electron chi connectivity index (χ0n) is 11.3. The maximum atomic E-state index is 13.7. The van der Waals surface area contributed by atoms with Crippen LogP contribution in [-0.2, 0) is 0 Å². The lowest BCUT2D eigenvalue weighted by atomic mass is 10.0. The summed E-state index contributed by atoms with van der Waals surface area (Å²) in [7, 11) is 0. The van der Waals surface area contributed by atoms with Crippen LogP contribution in [0.3, 0.4) is 0 Å². The topological polar surface area (TPSA) is 12.0 Å². The van der Waals surface area contributed by atoms with Crippen molar-refractivity contribution in [3.8, 4) is 0 Å². The molecule has 1 aromatic heterocycles. The minimum absolute atomic E-state index is 0.0187. The fourth-order valence-corrected chi connectivity index (χ4v) is 4.14. The highest BCUT2D eigenvalue weighted by Gasteiger charge is 2.19. The first-order chi connectivity index (χ1) is 9.52. The van der Waals surface area contributed by atoms with Crippen LogP contribution in [0.2, 0.25) is 5.02 Å². The predicted molar refractivity (Wildman–Crippen MR) is 88.3 cm³/mol. The van der Waals surface area contributed by atoms with Crippen molar-refractivity contribution < 1.29 is 4.39 Å². The van der Waals surface area contributed by atoms with Gasteiger partial charge in [-0.1, -0.05) is 24.6 Å². The van der Waals surface area contributed by atoms with Crippen LogP contribution in [-0.4, -0.2) is 6.54 Å². The average Bonchev–Trinajstić information content (AvgIpc) is 2.73. The van der Waals surface area contributed by atoms with Gasteiger partial charge in [-0.2, -0.15) is 0 Å². The molecule has 2 rings (SSSR count). The van der Waals surface area contributed by atoms with E-state index in [0.717, 1.165) is 27.9 Å². The van der Waals surface area contributed by atoms with E-state index in [1.54, 1.807) is 17.4 Å². The van der Waals surface area contributed by atoms with Gasteiger partial charge in [-0.05, 0) is 59.6 Å².